The Morgan fingerprint density at radius 3 is 2.11 bits per heavy atom. The van der Waals surface area contributed by atoms with Crippen molar-refractivity contribution >= 4 is 21.6 Å². The van der Waals surface area contributed by atoms with Crippen LogP contribution in [0.15, 0.2) is 53.4 Å². The quantitative estimate of drug-likeness (QED) is 0.627. The number of nitrogens with one attached hydrogen (secondary N) is 3. The summed E-state index contributed by atoms with van der Waals surface area (Å²) in [4.78, 5) is 13.8. The number of carbonyl (C=O) groups excluding carboxylic acids is 1. The molecule has 2 aromatic carbocycles. The fourth-order valence-electron chi connectivity index (χ4n) is 2.75. The molecule has 0 aromatic heterocycles. The summed E-state index contributed by atoms with van der Waals surface area (Å²) in [6, 6.07) is 14.0. The Labute approximate surface area is 168 Å². The zero-order valence-corrected chi connectivity index (χ0v) is 17.9. The van der Waals surface area contributed by atoms with Crippen molar-refractivity contribution in [3.05, 3.63) is 59.7 Å². The summed E-state index contributed by atoms with van der Waals surface area (Å²) in [5.74, 6) is -0.111. The molecule has 0 aliphatic rings. The first-order valence-corrected chi connectivity index (χ1v) is 10.9. The van der Waals surface area contributed by atoms with E-state index in [1.807, 2.05) is 20.9 Å². The second-order valence-corrected chi connectivity index (χ2v) is 9.23. The number of amides is 1. The minimum Gasteiger partial charge on any atom is -0.324 e. The predicted octanol–water partition coefficient (Wildman–Crippen LogP) is 1.72. The molecule has 2 rings (SSSR count). The zero-order valence-electron chi connectivity index (χ0n) is 17.1. The van der Waals surface area contributed by atoms with E-state index in [2.05, 4.69) is 34.3 Å². The molecule has 0 bridgehead atoms. The second kappa shape index (κ2) is 9.32. The van der Waals surface area contributed by atoms with E-state index in [1.165, 1.54) is 23.3 Å². The summed E-state index contributed by atoms with van der Waals surface area (Å²) in [5, 5.41) is 2.86. The Morgan fingerprint density at radius 1 is 1.00 bits per heavy atom. The van der Waals surface area contributed by atoms with Crippen molar-refractivity contribution in [1.82, 2.24) is 4.72 Å². The van der Waals surface area contributed by atoms with Crippen molar-refractivity contribution in [3.8, 4) is 0 Å². The molecule has 1 amide bonds. The van der Waals surface area contributed by atoms with Gasteiger partial charge in [0.1, 0.15) is 6.54 Å². The van der Waals surface area contributed by atoms with Crippen LogP contribution in [0.1, 0.15) is 31.9 Å². The second-order valence-electron chi connectivity index (χ2n) is 7.52. The van der Waals surface area contributed by atoms with Gasteiger partial charge >= 0.3 is 0 Å². The Balaban J connectivity index is 1.98. The summed E-state index contributed by atoms with van der Waals surface area (Å²) < 4.78 is 26.9. The van der Waals surface area contributed by atoms with Gasteiger partial charge in [-0.05, 0) is 52.0 Å². The molecule has 0 aliphatic carbocycles. The number of aryl methyl sites for hydroxylation is 1. The summed E-state index contributed by atoms with van der Waals surface area (Å²) in [5.41, 5.74) is 2.96. The molecule has 2 atom stereocenters. The van der Waals surface area contributed by atoms with Gasteiger partial charge < -0.3 is 10.2 Å². The lowest BCUT2D eigenvalue weighted by atomic mass is 10.1. The normalized spacial score (nSPS) is 13.9. The topological polar surface area (TPSA) is 79.7 Å². The van der Waals surface area contributed by atoms with Gasteiger partial charge in [0.15, 0.2) is 6.04 Å². The van der Waals surface area contributed by atoms with Crippen LogP contribution in [0.3, 0.4) is 0 Å². The number of hydrogen-bond acceptors (Lipinski definition) is 3. The number of rotatable bonds is 8. The van der Waals surface area contributed by atoms with Gasteiger partial charge in [-0.3, -0.25) is 4.79 Å². The molecule has 0 heterocycles. The van der Waals surface area contributed by atoms with Gasteiger partial charge in [-0.1, -0.05) is 29.8 Å². The van der Waals surface area contributed by atoms with E-state index >= 15 is 0 Å². The van der Waals surface area contributed by atoms with Crippen molar-refractivity contribution in [2.45, 2.75) is 51.2 Å². The highest BCUT2D eigenvalue weighted by atomic mass is 32.2. The maximum atomic E-state index is 12.6. The summed E-state index contributed by atoms with van der Waals surface area (Å²) in [6.45, 7) is 8.20. The fraction of sp³-hybridized carbons (Fsp3) is 0.381. The molecule has 0 saturated heterocycles. The molecule has 0 saturated carbocycles. The Bertz CT molecular complexity index is 891. The van der Waals surface area contributed by atoms with Gasteiger partial charge in [-0.15, -0.1) is 0 Å². The third-order valence-electron chi connectivity index (χ3n) is 4.56. The molecule has 0 aliphatic heterocycles. The van der Waals surface area contributed by atoms with Crippen LogP contribution in [0.2, 0.25) is 0 Å². The minimum atomic E-state index is -3.54. The van der Waals surface area contributed by atoms with Gasteiger partial charge in [0.05, 0.1) is 11.9 Å². The van der Waals surface area contributed by atoms with Crippen LogP contribution >= 0.6 is 0 Å². The van der Waals surface area contributed by atoms with Crippen molar-refractivity contribution in [1.29, 1.82) is 0 Å². The number of quaternary nitrogens is 1. The molecule has 152 valence electrons. The first kappa shape index (κ1) is 22.1. The molecular weight excluding hydrogens is 374 g/mol. The van der Waals surface area contributed by atoms with Gasteiger partial charge in [0.25, 0.3) is 5.91 Å². The summed E-state index contributed by atoms with van der Waals surface area (Å²) >= 11 is 0. The predicted molar refractivity (Wildman–Crippen MR) is 112 cm³/mol. The van der Waals surface area contributed by atoms with Crippen LogP contribution < -0.4 is 14.9 Å². The van der Waals surface area contributed by atoms with Gasteiger partial charge in [-0.25, -0.2) is 13.1 Å². The molecule has 0 radical (unpaired) electrons. The Morgan fingerprint density at radius 2 is 1.57 bits per heavy atom. The zero-order chi connectivity index (χ0) is 20.9. The number of hydrogen-bond donors (Lipinski definition) is 3. The maximum Gasteiger partial charge on any atom is 0.282 e. The van der Waals surface area contributed by atoms with Crippen LogP contribution in [0.25, 0.3) is 0 Å². The Kier molecular flexibility index (Phi) is 7.35. The standard InChI is InChI=1S/C21H29N3O3S/c1-15(2)23-28(26,27)20-12-10-19(11-13-20)22-21(25)17(4)24(5)14-18-8-6-16(3)7-9-18/h6-13,15,17,23H,14H2,1-5H3,(H,22,25)/p+1/t17-/m1/s1. The third kappa shape index (κ3) is 6.15. The van der Waals surface area contributed by atoms with Gasteiger partial charge in [0, 0.05) is 17.3 Å². The number of carbonyl (C=O) groups is 1. The third-order valence-corrected chi connectivity index (χ3v) is 6.23. The molecular formula is C21H30N3O3S+. The highest BCUT2D eigenvalue weighted by Gasteiger charge is 2.22. The summed E-state index contributed by atoms with van der Waals surface area (Å²) in [7, 11) is -1.56. The number of sulfonamides is 1. The van der Waals surface area contributed by atoms with Crippen LogP contribution in [0.5, 0.6) is 0 Å². The molecule has 6 nitrogen and oxygen atoms in total. The monoisotopic (exact) mass is 404 g/mol. The number of likely N-dealkylation sites (N-methyl/N-ethyl adjacent to an activating group) is 1. The highest BCUT2D eigenvalue weighted by molar-refractivity contribution is 7.89. The van der Waals surface area contributed by atoms with Crippen LogP contribution in [-0.4, -0.2) is 33.5 Å². The molecule has 0 fully saturated rings. The molecule has 1 unspecified atom stereocenters. The van der Waals surface area contributed by atoms with E-state index in [0.29, 0.717) is 5.69 Å². The minimum absolute atomic E-state index is 0.111. The lowest BCUT2D eigenvalue weighted by Crippen LogP contribution is -3.12. The molecule has 7 heteroatoms. The first-order chi connectivity index (χ1) is 13.1. The number of benzene rings is 2. The molecule has 0 spiro atoms. The molecule has 3 N–H and O–H groups in total. The summed E-state index contributed by atoms with van der Waals surface area (Å²) in [6.07, 6.45) is 0. The van der Waals surface area contributed by atoms with Crippen molar-refractivity contribution < 1.29 is 18.1 Å². The smallest absolute Gasteiger partial charge is 0.282 e. The molecule has 28 heavy (non-hydrogen) atoms. The average Bonchev–Trinajstić information content (AvgIpc) is 2.62. The average molecular weight is 405 g/mol. The van der Waals surface area contributed by atoms with E-state index < -0.39 is 10.0 Å². The maximum absolute atomic E-state index is 12.6. The van der Waals surface area contributed by atoms with Crippen LogP contribution in [0, 0.1) is 6.92 Å². The van der Waals surface area contributed by atoms with Crippen molar-refractivity contribution in [2.24, 2.45) is 0 Å². The van der Waals surface area contributed by atoms with E-state index in [9.17, 15) is 13.2 Å². The lowest BCUT2D eigenvalue weighted by molar-refractivity contribution is -0.907. The van der Waals surface area contributed by atoms with E-state index in [1.54, 1.807) is 26.0 Å². The molecule has 2 aromatic rings. The first-order valence-electron chi connectivity index (χ1n) is 9.39. The van der Waals surface area contributed by atoms with E-state index in [4.69, 9.17) is 0 Å². The van der Waals surface area contributed by atoms with Crippen molar-refractivity contribution in [3.63, 3.8) is 0 Å². The Hall–Kier alpha value is -2.22. The SMILES string of the molecule is Cc1ccc(C[NH+](C)[C@H](C)C(=O)Nc2ccc(S(=O)(=O)NC(C)C)cc2)cc1. The largest absolute Gasteiger partial charge is 0.324 e. The van der Waals surface area contributed by atoms with E-state index in [0.717, 1.165) is 11.4 Å². The van der Waals surface area contributed by atoms with Crippen LogP contribution in [0.4, 0.5) is 5.69 Å². The van der Waals surface area contributed by atoms with Gasteiger partial charge in [0.2, 0.25) is 10.0 Å². The van der Waals surface area contributed by atoms with E-state index in [-0.39, 0.29) is 22.9 Å². The fourth-order valence-corrected chi connectivity index (χ4v) is 4.00. The highest BCUT2D eigenvalue weighted by Crippen LogP contribution is 2.14. The lowest BCUT2D eigenvalue weighted by Gasteiger charge is -2.21. The van der Waals surface area contributed by atoms with Gasteiger partial charge in [-0.2, -0.15) is 0 Å². The van der Waals surface area contributed by atoms with Crippen LogP contribution in [-0.2, 0) is 21.4 Å². The number of anilines is 1. The van der Waals surface area contributed by atoms with Crippen molar-refractivity contribution in [2.75, 3.05) is 12.4 Å².